The first-order chi connectivity index (χ1) is 6.29. The highest BCUT2D eigenvalue weighted by molar-refractivity contribution is 5.53. The van der Waals surface area contributed by atoms with E-state index in [4.69, 9.17) is 39.6 Å². The van der Waals surface area contributed by atoms with Crippen molar-refractivity contribution in [1.82, 2.24) is 0 Å². The number of carbonyl (C=O) groups is 4. The topological polar surface area (TPSA) is 149 Å². The lowest BCUT2D eigenvalue weighted by Crippen LogP contribution is -1.81. The number of carbonyl (C=O) groups excluding carboxylic acids is 2. The van der Waals surface area contributed by atoms with Crippen LogP contribution in [0.1, 0.15) is 13.8 Å². The van der Waals surface area contributed by atoms with Crippen molar-refractivity contribution in [3.05, 3.63) is 0 Å². The van der Waals surface area contributed by atoms with Crippen LogP contribution in [0.5, 0.6) is 0 Å². The van der Waals surface area contributed by atoms with Crippen molar-refractivity contribution in [1.29, 1.82) is 0 Å². The van der Waals surface area contributed by atoms with Gasteiger partial charge in [-0.15, -0.1) is 0 Å². The maximum absolute atomic E-state index is 8.81. The van der Waals surface area contributed by atoms with Gasteiger partial charge in [-0.3, -0.25) is 0 Å². The highest BCUT2D eigenvalue weighted by Crippen LogP contribution is 1.43. The lowest BCUT2D eigenvalue weighted by atomic mass is 11.0. The normalized spacial score (nSPS) is 5.29. The summed E-state index contributed by atoms with van der Waals surface area (Å²) in [7, 11) is 0. The highest BCUT2D eigenvalue weighted by atomic mass is 16.6. The Labute approximate surface area is 79.4 Å². The van der Waals surface area contributed by atoms with Crippen LogP contribution in [0.2, 0.25) is 0 Å². The second-order valence-electron chi connectivity index (χ2n) is 1.04. The summed E-state index contributed by atoms with van der Waals surface area (Å²) in [5.41, 5.74) is 0. The molecule has 0 heterocycles. The molecule has 0 spiro atoms. The van der Waals surface area contributed by atoms with Gasteiger partial charge in [0.15, 0.2) is 0 Å². The van der Waals surface area contributed by atoms with E-state index in [1.807, 2.05) is 0 Å². The van der Waals surface area contributed by atoms with Gasteiger partial charge in [-0.2, -0.15) is 0 Å². The minimum Gasteiger partial charge on any atom is -0.450 e. The molecule has 8 nitrogen and oxygen atoms in total. The fraction of sp³-hybridized carbons (Fsp3) is 0.333. The fourth-order valence-corrected chi connectivity index (χ4v) is 0. The minimum atomic E-state index is -1.83. The first-order valence-corrected chi connectivity index (χ1v) is 2.93. The van der Waals surface area contributed by atoms with E-state index in [9.17, 15) is 0 Å². The third-order valence-corrected chi connectivity index (χ3v) is 0. The maximum Gasteiger partial charge on any atom is 0.503 e. The number of hydrogen-bond acceptors (Lipinski definition) is 4. The number of carboxylic acid groups (broad SMARTS) is 4. The fourth-order valence-electron chi connectivity index (χ4n) is 0. The molecule has 0 amide bonds. The molecule has 0 atom stereocenters. The zero-order valence-corrected chi connectivity index (χ0v) is 7.58. The van der Waals surface area contributed by atoms with Crippen molar-refractivity contribution < 1.29 is 39.6 Å². The molecular formula is C6H12O8. The molecule has 0 aromatic rings. The molecule has 0 aliphatic heterocycles. The van der Waals surface area contributed by atoms with E-state index in [0.29, 0.717) is 0 Å². The molecule has 0 rings (SSSR count). The molecule has 4 N–H and O–H groups in total. The third kappa shape index (κ3) is 173. The van der Waals surface area contributed by atoms with Crippen molar-refractivity contribution in [3.8, 4) is 0 Å². The van der Waals surface area contributed by atoms with Crippen molar-refractivity contribution in [2.24, 2.45) is 0 Å². The van der Waals surface area contributed by atoms with Crippen molar-refractivity contribution in [2.75, 3.05) is 0 Å². The van der Waals surface area contributed by atoms with E-state index in [0.717, 1.165) is 12.6 Å². The van der Waals surface area contributed by atoms with Crippen LogP contribution in [0.15, 0.2) is 0 Å². The van der Waals surface area contributed by atoms with Crippen molar-refractivity contribution in [3.63, 3.8) is 0 Å². The van der Waals surface area contributed by atoms with Gasteiger partial charge in [0.05, 0.1) is 0 Å². The van der Waals surface area contributed by atoms with Crippen LogP contribution >= 0.6 is 0 Å². The Balaban J connectivity index is -0.0000000482. The average molecular weight is 212 g/mol. The van der Waals surface area contributed by atoms with E-state index in [-0.39, 0.29) is 0 Å². The van der Waals surface area contributed by atoms with Gasteiger partial charge in [-0.05, 0) is 13.8 Å². The summed E-state index contributed by atoms with van der Waals surface area (Å²) in [5.74, 6) is 0. The van der Waals surface area contributed by atoms with Crippen LogP contribution < -0.4 is 0 Å². The Morgan fingerprint density at radius 2 is 0.786 bits per heavy atom. The van der Waals surface area contributed by atoms with E-state index in [2.05, 4.69) is 0 Å². The van der Waals surface area contributed by atoms with E-state index >= 15 is 0 Å². The molecule has 0 aromatic heterocycles. The van der Waals surface area contributed by atoms with Crippen LogP contribution in [0.3, 0.4) is 0 Å². The molecule has 0 saturated carbocycles. The Bertz CT molecular complexity index is 126. The molecule has 84 valence electrons. The molecular weight excluding hydrogens is 200 g/mol. The average Bonchev–Trinajstić information content (AvgIpc) is 1.85. The van der Waals surface area contributed by atoms with Crippen LogP contribution in [-0.2, 0) is 9.59 Å². The van der Waals surface area contributed by atoms with Gasteiger partial charge in [-0.25, -0.2) is 9.59 Å². The SMILES string of the molecule is CC=O.CC=O.O=C(O)O.O=C(O)O. The summed E-state index contributed by atoms with van der Waals surface area (Å²) in [5, 5.41) is 27.9. The zero-order chi connectivity index (χ0) is 12.6. The number of aldehydes is 2. The summed E-state index contributed by atoms with van der Waals surface area (Å²) >= 11 is 0. The lowest BCUT2D eigenvalue weighted by Gasteiger charge is -1.60. The van der Waals surface area contributed by atoms with Gasteiger partial charge in [0.1, 0.15) is 12.6 Å². The van der Waals surface area contributed by atoms with Gasteiger partial charge in [0, 0.05) is 0 Å². The summed E-state index contributed by atoms with van der Waals surface area (Å²) in [4.78, 5) is 34.7. The van der Waals surface area contributed by atoms with Gasteiger partial charge in [0.25, 0.3) is 0 Å². The predicted molar refractivity (Wildman–Crippen MR) is 44.8 cm³/mol. The lowest BCUT2D eigenvalue weighted by molar-refractivity contribution is -0.106. The highest BCUT2D eigenvalue weighted by Gasteiger charge is 1.70. The standard InChI is InChI=1S/2C2H4O.2CH2O3/c2*1-2-3;2*2-1(3)4/h2*2H,1H3;2*(H2,2,3,4). The number of hydrogen-bond donors (Lipinski definition) is 4. The molecule has 0 saturated heterocycles. The molecule has 8 heteroatoms. The van der Waals surface area contributed by atoms with Crippen LogP contribution in [0, 0.1) is 0 Å². The summed E-state index contributed by atoms with van der Waals surface area (Å²) in [6.45, 7) is 2.89. The van der Waals surface area contributed by atoms with Crippen molar-refractivity contribution in [2.45, 2.75) is 13.8 Å². The van der Waals surface area contributed by atoms with Gasteiger partial charge < -0.3 is 30.0 Å². The Morgan fingerprint density at radius 3 is 0.786 bits per heavy atom. The molecule has 0 radical (unpaired) electrons. The second kappa shape index (κ2) is 30.7. The minimum absolute atomic E-state index is 0.750. The third-order valence-electron chi connectivity index (χ3n) is 0. The molecule has 0 bridgehead atoms. The Morgan fingerprint density at radius 1 is 0.786 bits per heavy atom. The first kappa shape index (κ1) is 22.6. The molecule has 0 fully saturated rings. The van der Waals surface area contributed by atoms with Gasteiger partial charge in [0.2, 0.25) is 0 Å². The molecule has 0 aromatic carbocycles. The summed E-state index contributed by atoms with van der Waals surface area (Å²) < 4.78 is 0. The van der Waals surface area contributed by atoms with Gasteiger partial charge in [-0.1, -0.05) is 0 Å². The van der Waals surface area contributed by atoms with Crippen LogP contribution in [0.4, 0.5) is 9.59 Å². The summed E-state index contributed by atoms with van der Waals surface area (Å²) in [6.07, 6.45) is -2.17. The molecule has 14 heavy (non-hydrogen) atoms. The van der Waals surface area contributed by atoms with E-state index < -0.39 is 12.3 Å². The largest absolute Gasteiger partial charge is 0.503 e. The van der Waals surface area contributed by atoms with E-state index in [1.54, 1.807) is 0 Å². The molecule has 0 unspecified atom stereocenters. The first-order valence-electron chi connectivity index (χ1n) is 2.93. The Kier molecular flexibility index (Phi) is 49.7. The Hall–Kier alpha value is -2.12. The van der Waals surface area contributed by atoms with Crippen molar-refractivity contribution >= 4 is 24.9 Å². The van der Waals surface area contributed by atoms with Crippen LogP contribution in [0.25, 0.3) is 0 Å². The predicted octanol–water partition coefficient (Wildman–Crippen LogP) is 0.855. The quantitative estimate of drug-likeness (QED) is 0.431. The zero-order valence-electron chi connectivity index (χ0n) is 7.58. The smallest absolute Gasteiger partial charge is 0.450 e. The van der Waals surface area contributed by atoms with Gasteiger partial charge >= 0.3 is 12.3 Å². The molecule has 0 aliphatic rings. The number of rotatable bonds is 0. The monoisotopic (exact) mass is 212 g/mol. The van der Waals surface area contributed by atoms with Crippen LogP contribution in [-0.4, -0.2) is 45.3 Å². The maximum atomic E-state index is 8.81. The second-order valence-corrected chi connectivity index (χ2v) is 1.04. The van der Waals surface area contributed by atoms with E-state index in [1.165, 1.54) is 13.8 Å². The molecule has 0 aliphatic carbocycles. The summed E-state index contributed by atoms with van der Waals surface area (Å²) in [6, 6.07) is 0.